The van der Waals surface area contributed by atoms with E-state index >= 15 is 0 Å². The number of hydrogen-bond acceptors (Lipinski definition) is 6. The van der Waals surface area contributed by atoms with Crippen molar-refractivity contribution in [2.75, 3.05) is 32.9 Å². The normalized spacial score (nSPS) is 15.5. The Morgan fingerprint density at radius 1 is 1.41 bits per heavy atom. The first-order valence-corrected chi connectivity index (χ1v) is 7.61. The molecule has 0 amide bonds. The topological polar surface area (TPSA) is 68.7 Å². The molecule has 1 aromatic heterocycles. The zero-order chi connectivity index (χ0) is 15.9. The minimum absolute atomic E-state index is 0.111. The lowest BCUT2D eigenvalue weighted by Crippen LogP contribution is -2.35. The number of aromatic nitrogens is 1. The second-order valence-electron chi connectivity index (χ2n) is 4.98. The number of ether oxygens (including phenoxy) is 2. The minimum atomic E-state index is -0.554. The van der Waals surface area contributed by atoms with Crippen molar-refractivity contribution in [1.29, 1.82) is 0 Å². The lowest BCUT2D eigenvalue weighted by molar-refractivity contribution is -0.141. The van der Waals surface area contributed by atoms with Gasteiger partial charge in [0.05, 0.1) is 25.4 Å². The molecule has 2 rings (SSSR count). The molecule has 0 unspecified atom stereocenters. The first-order chi connectivity index (χ1) is 10.6. The Bertz CT molecular complexity index is 544. The smallest absolute Gasteiger partial charge is 0.313 e. The van der Waals surface area contributed by atoms with Gasteiger partial charge in [0.1, 0.15) is 11.6 Å². The summed E-state index contributed by atoms with van der Waals surface area (Å²) in [5, 5.41) is 0.111. The Morgan fingerprint density at radius 3 is 2.82 bits per heavy atom. The van der Waals surface area contributed by atoms with E-state index in [4.69, 9.17) is 21.1 Å². The van der Waals surface area contributed by atoms with Crippen LogP contribution in [0.3, 0.4) is 0 Å². The van der Waals surface area contributed by atoms with Gasteiger partial charge in [-0.05, 0) is 18.6 Å². The molecule has 6 nitrogen and oxygen atoms in total. The molecule has 1 aliphatic rings. The molecule has 1 fully saturated rings. The molecule has 0 spiro atoms. The average molecular weight is 327 g/mol. The summed E-state index contributed by atoms with van der Waals surface area (Å²) in [6.45, 7) is 5.71. The Labute approximate surface area is 134 Å². The lowest BCUT2D eigenvalue weighted by atomic mass is 10.1. The fraction of sp³-hybridized carbons (Fsp3) is 0.533. The SMILES string of the molecule is CCOC(=O)CC(=O)c1cc(CN2CCOCC2)cnc1Cl. The highest BCUT2D eigenvalue weighted by Gasteiger charge is 2.18. The lowest BCUT2D eigenvalue weighted by Gasteiger charge is -2.26. The summed E-state index contributed by atoms with van der Waals surface area (Å²) < 4.78 is 10.1. The largest absolute Gasteiger partial charge is 0.466 e. The molecule has 1 aliphatic heterocycles. The third-order valence-corrected chi connectivity index (χ3v) is 3.62. The van der Waals surface area contributed by atoms with Crippen molar-refractivity contribution in [2.24, 2.45) is 0 Å². The molecule has 7 heteroatoms. The highest BCUT2D eigenvalue weighted by Crippen LogP contribution is 2.18. The third-order valence-electron chi connectivity index (χ3n) is 3.32. The fourth-order valence-electron chi connectivity index (χ4n) is 2.23. The molecule has 0 atom stereocenters. The maximum atomic E-state index is 12.1. The minimum Gasteiger partial charge on any atom is -0.466 e. The maximum Gasteiger partial charge on any atom is 0.313 e. The summed E-state index contributed by atoms with van der Waals surface area (Å²) >= 11 is 5.98. The molecule has 0 radical (unpaired) electrons. The van der Waals surface area contributed by atoms with Crippen LogP contribution in [0.4, 0.5) is 0 Å². The standard InChI is InChI=1S/C15H19ClN2O4/c1-2-22-14(20)8-13(19)12-7-11(9-17-15(12)16)10-18-3-5-21-6-4-18/h7,9H,2-6,8,10H2,1H3. The number of pyridine rings is 1. The predicted octanol–water partition coefficient (Wildman–Crippen LogP) is 1.70. The number of morpholine rings is 1. The average Bonchev–Trinajstić information content (AvgIpc) is 2.50. The second kappa shape index (κ2) is 8.22. The van der Waals surface area contributed by atoms with E-state index in [1.165, 1.54) is 0 Å². The van der Waals surface area contributed by atoms with E-state index in [9.17, 15) is 9.59 Å². The number of nitrogens with zero attached hydrogens (tertiary/aromatic N) is 2. The molecule has 0 saturated carbocycles. The first-order valence-electron chi connectivity index (χ1n) is 7.23. The van der Waals surface area contributed by atoms with Gasteiger partial charge in [-0.1, -0.05) is 11.6 Å². The number of hydrogen-bond donors (Lipinski definition) is 0. The summed E-state index contributed by atoms with van der Waals surface area (Å²) in [5.74, 6) is -0.929. The fourth-order valence-corrected chi connectivity index (χ4v) is 2.44. The van der Waals surface area contributed by atoms with Gasteiger partial charge in [-0.3, -0.25) is 14.5 Å². The highest BCUT2D eigenvalue weighted by atomic mass is 35.5. The van der Waals surface area contributed by atoms with E-state index < -0.39 is 5.97 Å². The van der Waals surface area contributed by atoms with E-state index in [1.54, 1.807) is 19.2 Å². The van der Waals surface area contributed by atoms with Gasteiger partial charge < -0.3 is 9.47 Å². The summed E-state index contributed by atoms with van der Waals surface area (Å²) in [6.07, 6.45) is 1.33. The number of esters is 1. The van der Waals surface area contributed by atoms with Crippen LogP contribution in [-0.2, 0) is 20.8 Å². The zero-order valence-electron chi connectivity index (χ0n) is 12.5. The summed E-state index contributed by atoms with van der Waals surface area (Å²) in [4.78, 5) is 29.8. The summed E-state index contributed by atoms with van der Waals surface area (Å²) in [7, 11) is 0. The summed E-state index contributed by atoms with van der Waals surface area (Å²) in [5.41, 5.74) is 1.15. The van der Waals surface area contributed by atoms with E-state index in [-0.39, 0.29) is 29.5 Å². The van der Waals surface area contributed by atoms with Crippen molar-refractivity contribution in [1.82, 2.24) is 9.88 Å². The Morgan fingerprint density at radius 2 is 2.14 bits per heavy atom. The van der Waals surface area contributed by atoms with Crippen molar-refractivity contribution in [3.05, 3.63) is 28.5 Å². The van der Waals surface area contributed by atoms with Crippen LogP contribution in [0.15, 0.2) is 12.3 Å². The molecular formula is C15H19ClN2O4. The monoisotopic (exact) mass is 326 g/mol. The van der Waals surface area contributed by atoms with Gasteiger partial charge in [-0.15, -0.1) is 0 Å². The van der Waals surface area contributed by atoms with Crippen LogP contribution in [0, 0.1) is 0 Å². The van der Waals surface area contributed by atoms with E-state index in [1.807, 2.05) is 0 Å². The summed E-state index contributed by atoms with van der Waals surface area (Å²) in [6, 6.07) is 1.70. The maximum absolute atomic E-state index is 12.1. The van der Waals surface area contributed by atoms with Gasteiger partial charge in [0.2, 0.25) is 0 Å². The van der Waals surface area contributed by atoms with Gasteiger partial charge in [-0.25, -0.2) is 4.98 Å². The van der Waals surface area contributed by atoms with Crippen molar-refractivity contribution < 1.29 is 19.1 Å². The van der Waals surface area contributed by atoms with Crippen molar-refractivity contribution in [3.8, 4) is 0 Å². The van der Waals surface area contributed by atoms with Crippen LogP contribution in [-0.4, -0.2) is 54.5 Å². The number of ketones is 1. The quantitative estimate of drug-likeness (QED) is 0.343. The van der Waals surface area contributed by atoms with Gasteiger partial charge in [0, 0.05) is 25.8 Å². The predicted molar refractivity (Wildman–Crippen MR) is 80.9 cm³/mol. The number of Topliss-reactive ketones (excluding diaryl/α,β-unsaturated/α-hetero) is 1. The molecule has 120 valence electrons. The van der Waals surface area contributed by atoms with Crippen LogP contribution in [0.25, 0.3) is 0 Å². The Balaban J connectivity index is 2.05. The van der Waals surface area contributed by atoms with E-state index in [0.717, 1.165) is 18.7 Å². The van der Waals surface area contributed by atoms with Gasteiger partial charge in [0.25, 0.3) is 0 Å². The second-order valence-corrected chi connectivity index (χ2v) is 5.33. The molecule has 0 N–H and O–H groups in total. The molecular weight excluding hydrogens is 308 g/mol. The Hall–Kier alpha value is -1.50. The van der Waals surface area contributed by atoms with E-state index in [0.29, 0.717) is 19.8 Å². The van der Waals surface area contributed by atoms with Crippen LogP contribution in [0.2, 0.25) is 5.15 Å². The zero-order valence-corrected chi connectivity index (χ0v) is 13.3. The number of carbonyl (C=O) groups excluding carboxylic acids is 2. The van der Waals surface area contributed by atoms with Crippen molar-refractivity contribution in [3.63, 3.8) is 0 Å². The van der Waals surface area contributed by atoms with Crippen molar-refractivity contribution >= 4 is 23.4 Å². The third kappa shape index (κ3) is 4.76. The van der Waals surface area contributed by atoms with E-state index in [2.05, 4.69) is 9.88 Å². The van der Waals surface area contributed by atoms with Crippen LogP contribution < -0.4 is 0 Å². The van der Waals surface area contributed by atoms with Crippen LogP contribution >= 0.6 is 11.6 Å². The van der Waals surface area contributed by atoms with Gasteiger partial charge in [-0.2, -0.15) is 0 Å². The van der Waals surface area contributed by atoms with Gasteiger partial charge >= 0.3 is 5.97 Å². The molecule has 1 aromatic rings. The number of halogens is 1. The number of carbonyl (C=O) groups is 2. The Kier molecular flexibility index (Phi) is 6.30. The molecule has 0 aliphatic carbocycles. The molecule has 0 bridgehead atoms. The van der Waals surface area contributed by atoms with Gasteiger partial charge in [0.15, 0.2) is 5.78 Å². The first kappa shape index (κ1) is 16.9. The van der Waals surface area contributed by atoms with Crippen LogP contribution in [0.1, 0.15) is 29.3 Å². The number of rotatable bonds is 6. The molecule has 2 heterocycles. The van der Waals surface area contributed by atoms with Crippen LogP contribution in [0.5, 0.6) is 0 Å². The molecule has 0 aromatic carbocycles. The molecule has 22 heavy (non-hydrogen) atoms. The highest BCUT2D eigenvalue weighted by molar-refractivity contribution is 6.33. The van der Waals surface area contributed by atoms with Crippen molar-refractivity contribution in [2.45, 2.75) is 19.9 Å². The molecule has 1 saturated heterocycles.